The summed E-state index contributed by atoms with van der Waals surface area (Å²) in [6, 6.07) is 24.3. The first-order valence-electron chi connectivity index (χ1n) is 10.4. The van der Waals surface area contributed by atoms with Crippen LogP contribution in [0.3, 0.4) is 0 Å². The molecule has 2 heterocycles. The molecule has 1 atom stereocenters. The molecule has 5 aromatic rings. The quantitative estimate of drug-likeness (QED) is 0.313. The summed E-state index contributed by atoms with van der Waals surface area (Å²) in [5.41, 5.74) is 3.83. The summed E-state index contributed by atoms with van der Waals surface area (Å²) < 4.78 is 5.98. The van der Waals surface area contributed by atoms with Gasteiger partial charge in [-0.1, -0.05) is 48.5 Å². The normalized spacial score (nSPS) is 12.2. The minimum Gasteiger partial charge on any atom is -0.487 e. The number of aromatic nitrogens is 3. The van der Waals surface area contributed by atoms with Crippen LogP contribution < -0.4 is 15.6 Å². The van der Waals surface area contributed by atoms with Gasteiger partial charge in [-0.2, -0.15) is 0 Å². The Hall–Kier alpha value is -4.10. The number of hydrogen-bond donors (Lipinski definition) is 4. The Morgan fingerprint density at radius 1 is 0.938 bits per heavy atom. The molecule has 3 aromatic carbocycles. The van der Waals surface area contributed by atoms with E-state index in [9.17, 15) is 9.90 Å². The summed E-state index contributed by atoms with van der Waals surface area (Å²) >= 11 is 0. The lowest BCUT2D eigenvalue weighted by Gasteiger charge is -2.16. The third-order valence-electron chi connectivity index (χ3n) is 5.34. The molecule has 0 fully saturated rings. The summed E-state index contributed by atoms with van der Waals surface area (Å²) in [4.78, 5) is 22.5. The van der Waals surface area contributed by atoms with E-state index in [1.807, 2.05) is 60.7 Å². The van der Waals surface area contributed by atoms with Crippen LogP contribution in [-0.4, -0.2) is 26.6 Å². The van der Waals surface area contributed by atoms with Crippen molar-refractivity contribution >= 4 is 27.9 Å². The van der Waals surface area contributed by atoms with E-state index >= 15 is 0 Å². The van der Waals surface area contributed by atoms with Crippen molar-refractivity contribution in [2.24, 2.45) is 0 Å². The molecule has 0 aliphatic heterocycles. The first-order valence-corrected chi connectivity index (χ1v) is 10.4. The molecule has 0 spiro atoms. The molecule has 7 heteroatoms. The van der Waals surface area contributed by atoms with Gasteiger partial charge in [0.05, 0.1) is 22.7 Å². The molecule has 0 aliphatic carbocycles. The van der Waals surface area contributed by atoms with Crippen LogP contribution in [0.4, 0.5) is 5.95 Å². The molecule has 0 unspecified atom stereocenters. The molecule has 2 aromatic heterocycles. The van der Waals surface area contributed by atoms with Crippen LogP contribution >= 0.6 is 0 Å². The highest BCUT2D eigenvalue weighted by atomic mass is 16.5. The summed E-state index contributed by atoms with van der Waals surface area (Å²) in [5.74, 6) is 1.15. The smallest absolute Gasteiger partial charge is 0.248 e. The highest BCUT2D eigenvalue weighted by molar-refractivity contribution is 5.87. The topological polar surface area (TPSA) is 103 Å². The van der Waals surface area contributed by atoms with Crippen molar-refractivity contribution in [1.29, 1.82) is 0 Å². The molecule has 0 bridgehead atoms. The van der Waals surface area contributed by atoms with Crippen LogP contribution in [-0.2, 0) is 6.61 Å². The van der Waals surface area contributed by atoms with Gasteiger partial charge < -0.3 is 25.1 Å². The number of pyridine rings is 1. The maximum absolute atomic E-state index is 12.0. The van der Waals surface area contributed by atoms with Crippen molar-refractivity contribution in [2.75, 3.05) is 11.9 Å². The number of benzene rings is 3. The largest absolute Gasteiger partial charge is 0.487 e. The second-order valence-corrected chi connectivity index (χ2v) is 7.54. The fourth-order valence-electron chi connectivity index (χ4n) is 3.73. The monoisotopic (exact) mass is 426 g/mol. The van der Waals surface area contributed by atoms with E-state index in [1.54, 1.807) is 12.1 Å². The number of rotatable bonds is 7. The number of aromatic amines is 2. The molecular weight excluding hydrogens is 404 g/mol. The standard InChI is InChI=1S/C25H22N4O3/c30-21(14-26-25-27-19-8-4-5-9-20(19)28-25)17-10-12-22(24-18(17)11-13-23(31)29-24)32-15-16-6-2-1-3-7-16/h1-13,21,30H,14-15H2,(H,29,31)(H2,26,27,28)/t21-/m0/s1. The zero-order chi connectivity index (χ0) is 21.9. The van der Waals surface area contributed by atoms with E-state index < -0.39 is 6.10 Å². The van der Waals surface area contributed by atoms with Crippen LogP contribution in [0.1, 0.15) is 17.2 Å². The van der Waals surface area contributed by atoms with Crippen molar-refractivity contribution in [2.45, 2.75) is 12.7 Å². The number of H-pyrrole nitrogens is 2. The zero-order valence-corrected chi connectivity index (χ0v) is 17.2. The van der Waals surface area contributed by atoms with Crippen LogP contribution in [0.25, 0.3) is 21.9 Å². The Balaban J connectivity index is 1.38. The maximum Gasteiger partial charge on any atom is 0.248 e. The molecular formula is C25H22N4O3. The van der Waals surface area contributed by atoms with E-state index in [4.69, 9.17) is 4.74 Å². The Morgan fingerprint density at radius 2 is 1.75 bits per heavy atom. The fourth-order valence-corrected chi connectivity index (χ4v) is 3.73. The zero-order valence-electron chi connectivity index (χ0n) is 17.2. The van der Waals surface area contributed by atoms with Gasteiger partial charge in [-0.3, -0.25) is 4.79 Å². The predicted molar refractivity (Wildman–Crippen MR) is 125 cm³/mol. The number of aliphatic hydroxyl groups excluding tert-OH is 1. The van der Waals surface area contributed by atoms with E-state index in [1.165, 1.54) is 6.07 Å². The number of hydrogen-bond acceptors (Lipinski definition) is 5. The van der Waals surface area contributed by atoms with E-state index in [0.717, 1.165) is 22.0 Å². The lowest BCUT2D eigenvalue weighted by molar-refractivity contribution is 0.193. The highest BCUT2D eigenvalue weighted by Gasteiger charge is 2.16. The third kappa shape index (κ3) is 4.06. The van der Waals surface area contributed by atoms with Gasteiger partial charge in [-0.05, 0) is 35.4 Å². The number of nitrogens with zero attached hydrogens (tertiary/aromatic N) is 1. The minimum absolute atomic E-state index is 0.228. The number of nitrogens with one attached hydrogen (secondary N) is 3. The third-order valence-corrected chi connectivity index (χ3v) is 5.34. The minimum atomic E-state index is -0.820. The number of para-hydroxylation sites is 2. The first-order chi connectivity index (χ1) is 15.7. The summed E-state index contributed by atoms with van der Waals surface area (Å²) in [7, 11) is 0. The molecule has 0 saturated heterocycles. The van der Waals surface area contributed by atoms with Crippen LogP contribution in [0.2, 0.25) is 0 Å². The van der Waals surface area contributed by atoms with Crippen molar-refractivity contribution in [3.05, 3.63) is 100 Å². The summed E-state index contributed by atoms with van der Waals surface area (Å²) in [5, 5.41) is 14.8. The summed E-state index contributed by atoms with van der Waals surface area (Å²) in [6.07, 6.45) is -0.820. The maximum atomic E-state index is 12.0. The van der Waals surface area contributed by atoms with Gasteiger partial charge >= 0.3 is 0 Å². The molecule has 32 heavy (non-hydrogen) atoms. The second-order valence-electron chi connectivity index (χ2n) is 7.54. The molecule has 5 rings (SSSR count). The van der Waals surface area contributed by atoms with Crippen LogP contribution in [0.15, 0.2) is 83.7 Å². The van der Waals surface area contributed by atoms with E-state index in [0.29, 0.717) is 29.4 Å². The lowest BCUT2D eigenvalue weighted by atomic mass is 10.0. The highest BCUT2D eigenvalue weighted by Crippen LogP contribution is 2.30. The van der Waals surface area contributed by atoms with Gasteiger partial charge in [-0.25, -0.2) is 4.98 Å². The Morgan fingerprint density at radius 3 is 2.59 bits per heavy atom. The Bertz CT molecular complexity index is 1390. The van der Waals surface area contributed by atoms with Crippen LogP contribution in [0.5, 0.6) is 5.75 Å². The second kappa shape index (κ2) is 8.56. The fraction of sp³-hybridized carbons (Fsp3) is 0.120. The number of ether oxygens (including phenoxy) is 1. The molecule has 160 valence electrons. The van der Waals surface area contributed by atoms with Gasteiger partial charge in [0.25, 0.3) is 0 Å². The number of aliphatic hydroxyl groups is 1. The van der Waals surface area contributed by atoms with Gasteiger partial charge in [0, 0.05) is 18.0 Å². The Labute approximate surface area is 183 Å². The number of anilines is 1. The van der Waals surface area contributed by atoms with Gasteiger partial charge in [0.15, 0.2) is 0 Å². The van der Waals surface area contributed by atoms with Gasteiger partial charge in [-0.15, -0.1) is 0 Å². The van der Waals surface area contributed by atoms with Crippen molar-refractivity contribution in [3.8, 4) is 5.75 Å². The molecule has 0 aliphatic rings. The Kier molecular flexibility index (Phi) is 5.31. The van der Waals surface area contributed by atoms with Crippen molar-refractivity contribution in [3.63, 3.8) is 0 Å². The first kappa shape index (κ1) is 19.8. The van der Waals surface area contributed by atoms with Crippen molar-refractivity contribution in [1.82, 2.24) is 15.0 Å². The number of imidazole rings is 1. The lowest BCUT2D eigenvalue weighted by Crippen LogP contribution is -2.14. The van der Waals surface area contributed by atoms with Gasteiger partial charge in [0.1, 0.15) is 12.4 Å². The SMILES string of the molecule is O=c1ccc2c([C@@H](O)CNc3nc4ccccc4[nH]3)ccc(OCc3ccccc3)c2[nH]1. The molecule has 7 nitrogen and oxygen atoms in total. The van der Waals surface area contributed by atoms with Crippen LogP contribution in [0, 0.1) is 0 Å². The van der Waals surface area contributed by atoms with E-state index in [-0.39, 0.29) is 12.1 Å². The molecule has 4 N–H and O–H groups in total. The molecule has 0 saturated carbocycles. The average molecular weight is 426 g/mol. The molecule has 0 radical (unpaired) electrons. The van der Waals surface area contributed by atoms with Crippen molar-refractivity contribution < 1.29 is 9.84 Å². The average Bonchev–Trinajstić information content (AvgIpc) is 3.24. The number of fused-ring (bicyclic) bond motifs is 2. The van der Waals surface area contributed by atoms with E-state index in [2.05, 4.69) is 20.3 Å². The van der Waals surface area contributed by atoms with Gasteiger partial charge in [0.2, 0.25) is 11.5 Å². The predicted octanol–water partition coefficient (Wildman–Crippen LogP) is 4.13. The molecule has 0 amide bonds. The summed E-state index contributed by atoms with van der Waals surface area (Å²) in [6.45, 7) is 0.626.